The van der Waals surface area contributed by atoms with Crippen molar-refractivity contribution in [2.45, 2.75) is 32.7 Å². The van der Waals surface area contributed by atoms with Crippen LogP contribution in [0.5, 0.6) is 0 Å². The topological polar surface area (TPSA) is 57.6 Å². The highest BCUT2D eigenvalue weighted by atomic mass is 32.1. The van der Waals surface area contributed by atoms with Gasteiger partial charge in [0.15, 0.2) is 0 Å². The average Bonchev–Trinajstić information content (AvgIpc) is 2.95. The molecule has 0 spiro atoms. The summed E-state index contributed by atoms with van der Waals surface area (Å²) in [4.78, 5) is 28.4. The van der Waals surface area contributed by atoms with Crippen LogP contribution in [0.25, 0.3) is 0 Å². The minimum Gasteiger partial charge on any atom is -0.481 e. The standard InChI is InChI=1S/C20H23NO3S/c1-14-7-8-16(25-14)13-21(12-11-15-5-3-2-4-6-15)19(22)17-9-10-18(17)20(23)24/h2-8,17-18H,9-13H2,1H3,(H,23,24). The Bertz CT molecular complexity index is 740. The lowest BCUT2D eigenvalue weighted by Gasteiger charge is -2.36. The first-order chi connectivity index (χ1) is 12.0. The van der Waals surface area contributed by atoms with Gasteiger partial charge in [0, 0.05) is 16.3 Å². The molecule has 1 fully saturated rings. The molecule has 2 atom stereocenters. The molecule has 5 heteroatoms. The fourth-order valence-electron chi connectivity index (χ4n) is 3.26. The Morgan fingerprint density at radius 1 is 1.12 bits per heavy atom. The second kappa shape index (κ2) is 7.83. The van der Waals surface area contributed by atoms with Crippen LogP contribution >= 0.6 is 11.3 Å². The molecular formula is C20H23NO3S. The van der Waals surface area contributed by atoms with E-state index < -0.39 is 11.9 Å². The summed E-state index contributed by atoms with van der Waals surface area (Å²) < 4.78 is 0. The van der Waals surface area contributed by atoms with Crippen molar-refractivity contribution < 1.29 is 14.7 Å². The highest BCUT2D eigenvalue weighted by Crippen LogP contribution is 2.36. The molecule has 1 N–H and O–H groups in total. The number of aryl methyl sites for hydroxylation is 1. The van der Waals surface area contributed by atoms with Crippen molar-refractivity contribution in [1.29, 1.82) is 0 Å². The van der Waals surface area contributed by atoms with E-state index in [1.54, 1.807) is 11.3 Å². The van der Waals surface area contributed by atoms with Crippen molar-refractivity contribution in [2.24, 2.45) is 11.8 Å². The van der Waals surface area contributed by atoms with Crippen LogP contribution in [-0.2, 0) is 22.6 Å². The van der Waals surface area contributed by atoms with Crippen molar-refractivity contribution in [2.75, 3.05) is 6.54 Å². The summed E-state index contributed by atoms with van der Waals surface area (Å²) in [7, 11) is 0. The van der Waals surface area contributed by atoms with Crippen molar-refractivity contribution in [1.82, 2.24) is 4.90 Å². The van der Waals surface area contributed by atoms with Gasteiger partial charge in [-0.25, -0.2) is 0 Å². The summed E-state index contributed by atoms with van der Waals surface area (Å²) in [6, 6.07) is 14.2. The number of carboxylic acids is 1. The van der Waals surface area contributed by atoms with Crippen molar-refractivity contribution in [3.63, 3.8) is 0 Å². The molecule has 1 heterocycles. The lowest BCUT2D eigenvalue weighted by atomic mass is 9.73. The minimum atomic E-state index is -0.848. The monoisotopic (exact) mass is 357 g/mol. The van der Waals surface area contributed by atoms with Crippen LogP contribution in [0.15, 0.2) is 42.5 Å². The molecule has 25 heavy (non-hydrogen) atoms. The third kappa shape index (κ3) is 4.28. The zero-order valence-electron chi connectivity index (χ0n) is 14.4. The smallest absolute Gasteiger partial charge is 0.307 e. The molecule has 0 aliphatic heterocycles. The first-order valence-corrected chi connectivity index (χ1v) is 9.47. The normalized spacial score (nSPS) is 19.2. The van der Waals surface area contributed by atoms with E-state index in [1.165, 1.54) is 10.4 Å². The Morgan fingerprint density at radius 3 is 2.40 bits per heavy atom. The molecule has 1 aliphatic carbocycles. The summed E-state index contributed by atoms with van der Waals surface area (Å²) in [6.07, 6.45) is 2.07. The first-order valence-electron chi connectivity index (χ1n) is 8.65. The number of thiophene rings is 1. The summed E-state index contributed by atoms with van der Waals surface area (Å²) in [6.45, 7) is 3.23. The van der Waals surface area contributed by atoms with Gasteiger partial charge >= 0.3 is 5.97 Å². The lowest BCUT2D eigenvalue weighted by molar-refractivity contribution is -0.156. The second-order valence-electron chi connectivity index (χ2n) is 6.64. The van der Waals surface area contributed by atoms with Gasteiger partial charge in [0.2, 0.25) is 5.91 Å². The number of hydrogen-bond acceptors (Lipinski definition) is 3. The largest absolute Gasteiger partial charge is 0.481 e. The van der Waals surface area contributed by atoms with Crippen molar-refractivity contribution in [3.8, 4) is 0 Å². The number of carbonyl (C=O) groups excluding carboxylic acids is 1. The maximum absolute atomic E-state index is 12.9. The quantitative estimate of drug-likeness (QED) is 0.821. The highest BCUT2D eigenvalue weighted by Gasteiger charge is 2.43. The van der Waals surface area contributed by atoms with Crippen molar-refractivity contribution >= 4 is 23.2 Å². The van der Waals surface area contributed by atoms with Gasteiger partial charge in [-0.15, -0.1) is 11.3 Å². The van der Waals surface area contributed by atoms with Gasteiger partial charge in [-0.05, 0) is 43.9 Å². The first kappa shape index (κ1) is 17.7. The molecule has 2 aromatic rings. The molecule has 1 aliphatic rings. The SMILES string of the molecule is Cc1ccc(CN(CCc2ccccc2)C(=O)C2CCC2C(=O)O)s1. The predicted octanol–water partition coefficient (Wildman–Crippen LogP) is 3.74. The minimum absolute atomic E-state index is 0.0133. The summed E-state index contributed by atoms with van der Waals surface area (Å²) >= 11 is 1.69. The van der Waals surface area contributed by atoms with E-state index in [9.17, 15) is 14.7 Å². The molecule has 1 amide bonds. The Balaban J connectivity index is 1.71. The van der Waals surface area contributed by atoms with E-state index in [4.69, 9.17) is 0 Å². The molecule has 4 nitrogen and oxygen atoms in total. The fourth-order valence-corrected chi connectivity index (χ4v) is 4.17. The molecule has 1 aromatic heterocycles. The van der Waals surface area contributed by atoms with Gasteiger partial charge in [-0.2, -0.15) is 0 Å². The molecule has 132 valence electrons. The van der Waals surface area contributed by atoms with E-state index in [0.717, 1.165) is 11.3 Å². The second-order valence-corrected chi connectivity index (χ2v) is 8.01. The average molecular weight is 357 g/mol. The van der Waals surface area contributed by atoms with Crippen LogP contribution < -0.4 is 0 Å². The highest BCUT2D eigenvalue weighted by molar-refractivity contribution is 7.11. The maximum Gasteiger partial charge on any atom is 0.307 e. The van der Waals surface area contributed by atoms with Crippen molar-refractivity contribution in [3.05, 3.63) is 57.8 Å². The Morgan fingerprint density at radius 2 is 1.84 bits per heavy atom. The van der Waals surface area contributed by atoms with Gasteiger partial charge in [0.05, 0.1) is 18.4 Å². The predicted molar refractivity (Wildman–Crippen MR) is 98.5 cm³/mol. The van der Waals surface area contributed by atoms with Gasteiger partial charge in [0.1, 0.15) is 0 Å². The lowest BCUT2D eigenvalue weighted by Crippen LogP contribution is -2.46. The van der Waals surface area contributed by atoms with Gasteiger partial charge in [-0.1, -0.05) is 30.3 Å². The van der Waals surface area contributed by atoms with E-state index in [0.29, 0.717) is 25.9 Å². The van der Waals surface area contributed by atoms with Gasteiger partial charge < -0.3 is 10.0 Å². The number of carboxylic acid groups (broad SMARTS) is 1. The number of aliphatic carboxylic acids is 1. The van der Waals surface area contributed by atoms with E-state index in [2.05, 4.69) is 31.2 Å². The molecule has 1 saturated carbocycles. The fraction of sp³-hybridized carbons (Fsp3) is 0.400. The molecule has 3 rings (SSSR count). The summed E-state index contributed by atoms with van der Waals surface area (Å²) in [5, 5.41) is 9.27. The number of hydrogen-bond donors (Lipinski definition) is 1. The van der Waals surface area contributed by atoms with Gasteiger partial charge in [0.25, 0.3) is 0 Å². The van der Waals surface area contributed by atoms with E-state index in [1.807, 2.05) is 23.1 Å². The van der Waals surface area contributed by atoms with Crippen LogP contribution in [0, 0.1) is 18.8 Å². The van der Waals surface area contributed by atoms with E-state index >= 15 is 0 Å². The van der Waals surface area contributed by atoms with E-state index in [-0.39, 0.29) is 11.8 Å². The number of nitrogens with zero attached hydrogens (tertiary/aromatic N) is 1. The molecule has 0 bridgehead atoms. The number of carbonyl (C=O) groups is 2. The van der Waals surface area contributed by atoms with Crippen LogP contribution in [-0.4, -0.2) is 28.4 Å². The van der Waals surface area contributed by atoms with Crippen LogP contribution in [0.2, 0.25) is 0 Å². The molecule has 0 radical (unpaired) electrons. The Hall–Kier alpha value is -2.14. The Kier molecular flexibility index (Phi) is 5.53. The number of benzene rings is 1. The summed E-state index contributed by atoms with van der Waals surface area (Å²) in [5.41, 5.74) is 1.19. The Labute approximate surface area is 152 Å². The van der Waals surface area contributed by atoms with Crippen LogP contribution in [0.4, 0.5) is 0 Å². The summed E-state index contributed by atoms with van der Waals surface area (Å²) in [5.74, 6) is -1.74. The number of amides is 1. The third-order valence-electron chi connectivity index (χ3n) is 4.88. The maximum atomic E-state index is 12.9. The molecule has 0 saturated heterocycles. The zero-order valence-corrected chi connectivity index (χ0v) is 15.2. The zero-order chi connectivity index (χ0) is 17.8. The van der Waals surface area contributed by atoms with Crippen LogP contribution in [0.1, 0.15) is 28.2 Å². The van der Waals surface area contributed by atoms with Crippen LogP contribution in [0.3, 0.4) is 0 Å². The number of rotatable bonds is 7. The molecule has 1 aromatic carbocycles. The molecule has 2 unspecified atom stereocenters. The third-order valence-corrected chi connectivity index (χ3v) is 5.86. The van der Waals surface area contributed by atoms with Gasteiger partial charge in [-0.3, -0.25) is 9.59 Å². The molecular weight excluding hydrogens is 334 g/mol.